The van der Waals surface area contributed by atoms with Crippen molar-refractivity contribution in [3.05, 3.63) is 182 Å². The van der Waals surface area contributed by atoms with Gasteiger partial charge in [0.2, 0.25) is 11.7 Å². The average Bonchev–Trinajstić information content (AvgIpc) is 3.99. The third kappa shape index (κ3) is 3.94. The van der Waals surface area contributed by atoms with Crippen molar-refractivity contribution in [2.24, 2.45) is 0 Å². The number of hydrogen-bond acceptors (Lipinski definition) is 3. The monoisotopic (exact) mass is 716 g/mol. The number of allylic oxidation sites excluding steroid dienone is 2. The first-order valence-corrected chi connectivity index (χ1v) is 19.3. The summed E-state index contributed by atoms with van der Waals surface area (Å²) in [5, 5.41) is 0. The summed E-state index contributed by atoms with van der Waals surface area (Å²) in [5.74, 6) is 1.85. The molecule has 262 valence electrons. The standard InChI is InChI=1S/C50H32N6/c1-2-14-34-33(13-1)35-15-3-4-17-37(35)39-27-25-31(29-40(39)38-18-6-5-16-36(34)38)53-45-22-10-12-24-47(45)56-48-30-32(26-28-42(48)52-50(53)56)54-44-21-9-11-23-46(44)55-43-20-8-7-19-41(43)51-49(54)55/h1-30,44,46H. The fourth-order valence-electron chi connectivity index (χ4n) is 9.76. The molecule has 0 radical (unpaired) electrons. The SMILES string of the molecule is C1=CC2C(C=C1)n1c(nc3ccccc31)N2c1ccc2nc3n(-c4ccc5c(c4)-c4ccccc4-c4ccccc4-c4ccccc4-5)c4ccccc4n3c2c1. The topological polar surface area (TPSA) is 43.3 Å². The van der Waals surface area contributed by atoms with Gasteiger partial charge in [-0.2, -0.15) is 0 Å². The first kappa shape index (κ1) is 29.9. The van der Waals surface area contributed by atoms with Crippen LogP contribution < -0.4 is 4.90 Å². The molecule has 0 bridgehead atoms. The molecule has 1 aliphatic heterocycles. The van der Waals surface area contributed by atoms with Crippen LogP contribution in [-0.4, -0.2) is 29.5 Å². The third-order valence-corrected chi connectivity index (χ3v) is 12.1. The quantitative estimate of drug-likeness (QED) is 0.179. The summed E-state index contributed by atoms with van der Waals surface area (Å²) in [5.41, 5.74) is 18.4. The van der Waals surface area contributed by atoms with Crippen molar-refractivity contribution >= 4 is 50.5 Å². The minimum atomic E-state index is 0.123. The van der Waals surface area contributed by atoms with Crippen molar-refractivity contribution in [2.45, 2.75) is 12.1 Å². The Bertz CT molecular complexity index is 3350. The Morgan fingerprint density at radius 1 is 0.393 bits per heavy atom. The molecule has 4 heterocycles. The van der Waals surface area contributed by atoms with Gasteiger partial charge in [-0.15, -0.1) is 0 Å². The van der Waals surface area contributed by atoms with Gasteiger partial charge in [-0.3, -0.25) is 8.97 Å². The maximum absolute atomic E-state index is 5.37. The first-order valence-electron chi connectivity index (χ1n) is 19.3. The molecule has 2 atom stereocenters. The highest BCUT2D eigenvalue weighted by molar-refractivity contribution is 6.04. The van der Waals surface area contributed by atoms with Crippen LogP contribution in [0, 0.1) is 0 Å². The van der Waals surface area contributed by atoms with Crippen LogP contribution >= 0.6 is 0 Å². The molecule has 56 heavy (non-hydrogen) atoms. The maximum atomic E-state index is 5.37. The molecular weight excluding hydrogens is 685 g/mol. The van der Waals surface area contributed by atoms with E-state index in [-0.39, 0.29) is 12.1 Å². The van der Waals surface area contributed by atoms with E-state index in [1.807, 2.05) is 0 Å². The highest BCUT2D eigenvalue weighted by Gasteiger charge is 2.40. The van der Waals surface area contributed by atoms with Crippen LogP contribution in [0.2, 0.25) is 0 Å². The second kappa shape index (κ2) is 11.1. The van der Waals surface area contributed by atoms with Gasteiger partial charge in [0.15, 0.2) is 0 Å². The van der Waals surface area contributed by atoms with Crippen LogP contribution in [0.4, 0.5) is 11.6 Å². The minimum absolute atomic E-state index is 0.123. The number of imidazole rings is 3. The van der Waals surface area contributed by atoms with Gasteiger partial charge < -0.3 is 9.47 Å². The number of rotatable bonds is 2. The second-order valence-corrected chi connectivity index (χ2v) is 15.0. The maximum Gasteiger partial charge on any atom is 0.220 e. The van der Waals surface area contributed by atoms with Gasteiger partial charge in [-0.05, 0) is 99.1 Å². The average molecular weight is 717 g/mol. The van der Waals surface area contributed by atoms with E-state index in [9.17, 15) is 0 Å². The Labute approximate surface area is 322 Å². The number of para-hydroxylation sites is 4. The Balaban J connectivity index is 1.04. The molecule has 0 amide bonds. The van der Waals surface area contributed by atoms with Gasteiger partial charge in [-0.25, -0.2) is 9.97 Å². The van der Waals surface area contributed by atoms with Gasteiger partial charge in [0.1, 0.15) is 0 Å². The van der Waals surface area contributed by atoms with Gasteiger partial charge in [0.05, 0.1) is 45.2 Å². The predicted molar refractivity (Wildman–Crippen MR) is 228 cm³/mol. The number of aromatic nitrogens is 5. The van der Waals surface area contributed by atoms with Crippen LogP contribution in [0.15, 0.2) is 182 Å². The van der Waals surface area contributed by atoms with Crippen molar-refractivity contribution in [2.75, 3.05) is 4.90 Å². The van der Waals surface area contributed by atoms with Crippen LogP contribution in [0.1, 0.15) is 6.04 Å². The van der Waals surface area contributed by atoms with E-state index in [0.717, 1.165) is 56.2 Å². The molecule has 3 aromatic heterocycles. The molecule has 2 unspecified atom stereocenters. The van der Waals surface area contributed by atoms with Crippen LogP contribution in [-0.2, 0) is 0 Å². The van der Waals surface area contributed by atoms with Gasteiger partial charge in [0.25, 0.3) is 0 Å². The lowest BCUT2D eigenvalue weighted by Crippen LogP contribution is -2.29. The van der Waals surface area contributed by atoms with Gasteiger partial charge >= 0.3 is 0 Å². The molecule has 0 saturated heterocycles. The molecule has 10 aromatic rings. The summed E-state index contributed by atoms with van der Waals surface area (Å²) in [7, 11) is 0. The number of benzene rings is 7. The number of nitrogens with zero attached hydrogens (tertiary/aromatic N) is 6. The van der Waals surface area contributed by atoms with Gasteiger partial charge in [-0.1, -0.05) is 127 Å². The number of hydrogen-bond donors (Lipinski definition) is 0. The van der Waals surface area contributed by atoms with Crippen LogP contribution in [0.5, 0.6) is 0 Å². The van der Waals surface area contributed by atoms with Gasteiger partial charge in [0, 0.05) is 11.4 Å². The summed E-state index contributed by atoms with van der Waals surface area (Å²) in [6.45, 7) is 0. The summed E-state index contributed by atoms with van der Waals surface area (Å²) >= 11 is 0. The Morgan fingerprint density at radius 3 is 1.62 bits per heavy atom. The molecule has 3 aliphatic rings. The van der Waals surface area contributed by atoms with E-state index in [4.69, 9.17) is 9.97 Å². The van der Waals surface area contributed by atoms with E-state index in [2.05, 4.69) is 200 Å². The molecule has 0 N–H and O–H groups in total. The van der Waals surface area contributed by atoms with Crippen molar-refractivity contribution in [1.82, 2.24) is 23.5 Å². The molecule has 6 heteroatoms. The van der Waals surface area contributed by atoms with E-state index >= 15 is 0 Å². The number of anilines is 2. The summed E-state index contributed by atoms with van der Waals surface area (Å²) in [6, 6.07) is 57.5. The molecule has 0 saturated carbocycles. The lowest BCUT2D eigenvalue weighted by Gasteiger charge is -2.26. The Hall–Kier alpha value is -7.44. The first-order chi connectivity index (χ1) is 27.8. The van der Waals surface area contributed by atoms with Crippen LogP contribution in [0.3, 0.4) is 0 Å². The zero-order valence-electron chi connectivity index (χ0n) is 30.2. The fraction of sp³-hybridized carbons (Fsp3) is 0.0400. The third-order valence-electron chi connectivity index (χ3n) is 12.1. The summed E-state index contributed by atoms with van der Waals surface area (Å²) < 4.78 is 7.05. The van der Waals surface area contributed by atoms with Crippen molar-refractivity contribution in [1.29, 1.82) is 0 Å². The van der Waals surface area contributed by atoms with Crippen molar-refractivity contribution < 1.29 is 0 Å². The smallest absolute Gasteiger partial charge is 0.220 e. The summed E-state index contributed by atoms with van der Waals surface area (Å²) in [4.78, 5) is 13.0. The predicted octanol–water partition coefficient (Wildman–Crippen LogP) is 11.9. The van der Waals surface area contributed by atoms with Crippen molar-refractivity contribution in [3.63, 3.8) is 0 Å². The Morgan fingerprint density at radius 2 is 0.929 bits per heavy atom. The second-order valence-electron chi connectivity index (χ2n) is 15.0. The van der Waals surface area contributed by atoms with Crippen molar-refractivity contribution in [3.8, 4) is 50.2 Å². The highest BCUT2D eigenvalue weighted by Crippen LogP contribution is 2.49. The highest BCUT2D eigenvalue weighted by atomic mass is 15.4. The molecule has 13 rings (SSSR count). The largest absolute Gasteiger partial charge is 0.303 e. The minimum Gasteiger partial charge on any atom is -0.303 e. The molecular formula is C50H32N6. The molecule has 0 spiro atoms. The lowest BCUT2D eigenvalue weighted by molar-refractivity contribution is 0.624. The lowest BCUT2D eigenvalue weighted by atomic mass is 9.81. The molecule has 7 aromatic carbocycles. The zero-order chi connectivity index (χ0) is 36.5. The molecule has 6 nitrogen and oxygen atoms in total. The molecule has 0 fully saturated rings. The fourth-order valence-corrected chi connectivity index (χ4v) is 9.76. The summed E-state index contributed by atoms with van der Waals surface area (Å²) in [6.07, 6.45) is 8.90. The number of fused-ring (bicyclic) bond motifs is 18. The van der Waals surface area contributed by atoms with Crippen LogP contribution in [0.25, 0.3) is 89.1 Å². The zero-order valence-corrected chi connectivity index (χ0v) is 30.2. The van der Waals surface area contributed by atoms with E-state index in [1.165, 1.54) is 44.5 Å². The van der Waals surface area contributed by atoms with E-state index in [1.54, 1.807) is 0 Å². The van der Waals surface area contributed by atoms with E-state index in [0.29, 0.717) is 0 Å². The molecule has 2 aliphatic carbocycles. The van der Waals surface area contributed by atoms with E-state index < -0.39 is 0 Å². The Kier molecular flexibility index (Phi) is 5.91. The normalized spacial score (nSPS) is 16.4.